The number of hydrogen-bond donors (Lipinski definition) is 1. The second kappa shape index (κ2) is 4.63. The molecule has 14 heavy (non-hydrogen) atoms. The van der Waals surface area contributed by atoms with Crippen molar-refractivity contribution in [3.05, 3.63) is 0 Å². The van der Waals surface area contributed by atoms with Gasteiger partial charge in [-0.15, -0.1) is 0 Å². The Balaban J connectivity index is 1.79. The zero-order valence-corrected chi connectivity index (χ0v) is 9.63. The predicted molar refractivity (Wildman–Crippen MR) is 60.4 cm³/mol. The third kappa shape index (κ3) is 2.12. The summed E-state index contributed by atoms with van der Waals surface area (Å²) in [5.41, 5.74) is 0. The lowest BCUT2D eigenvalue weighted by Crippen LogP contribution is -2.41. The summed E-state index contributed by atoms with van der Waals surface area (Å²) < 4.78 is 0. The largest absolute Gasteiger partial charge is 0.315 e. The van der Waals surface area contributed by atoms with Crippen LogP contribution in [0.25, 0.3) is 0 Å². The van der Waals surface area contributed by atoms with Crippen molar-refractivity contribution in [1.82, 2.24) is 10.2 Å². The molecule has 0 radical (unpaired) electrons. The summed E-state index contributed by atoms with van der Waals surface area (Å²) in [6.45, 7) is 6.10. The van der Waals surface area contributed by atoms with E-state index in [0.29, 0.717) is 0 Å². The van der Waals surface area contributed by atoms with Gasteiger partial charge in [-0.1, -0.05) is 19.8 Å². The van der Waals surface area contributed by atoms with Crippen molar-refractivity contribution in [3.8, 4) is 0 Å². The topological polar surface area (TPSA) is 15.3 Å². The van der Waals surface area contributed by atoms with Crippen molar-refractivity contribution in [3.63, 3.8) is 0 Å². The van der Waals surface area contributed by atoms with Crippen LogP contribution in [-0.2, 0) is 0 Å². The van der Waals surface area contributed by atoms with Gasteiger partial charge in [0, 0.05) is 19.1 Å². The molecule has 1 saturated heterocycles. The Morgan fingerprint density at radius 2 is 2.07 bits per heavy atom. The second-order valence-corrected chi connectivity index (χ2v) is 5.13. The van der Waals surface area contributed by atoms with Crippen molar-refractivity contribution >= 4 is 0 Å². The highest BCUT2D eigenvalue weighted by Crippen LogP contribution is 2.28. The first kappa shape index (κ1) is 10.4. The minimum Gasteiger partial charge on any atom is -0.315 e. The van der Waals surface area contributed by atoms with Crippen molar-refractivity contribution in [2.45, 2.75) is 38.6 Å². The van der Waals surface area contributed by atoms with Crippen LogP contribution in [0.2, 0.25) is 0 Å². The van der Waals surface area contributed by atoms with Crippen LogP contribution in [0.5, 0.6) is 0 Å². The van der Waals surface area contributed by atoms with E-state index in [9.17, 15) is 0 Å². The maximum Gasteiger partial charge on any atom is 0.0257 e. The molecule has 0 spiro atoms. The molecule has 0 aromatic heterocycles. The zero-order valence-electron chi connectivity index (χ0n) is 9.63. The molecule has 2 aliphatic rings. The summed E-state index contributed by atoms with van der Waals surface area (Å²) >= 11 is 0. The minimum absolute atomic E-state index is 0.806. The van der Waals surface area contributed by atoms with Gasteiger partial charge in [-0.3, -0.25) is 0 Å². The van der Waals surface area contributed by atoms with Crippen LogP contribution in [0.15, 0.2) is 0 Å². The van der Waals surface area contributed by atoms with Gasteiger partial charge in [0.05, 0.1) is 0 Å². The van der Waals surface area contributed by atoms with Crippen LogP contribution < -0.4 is 5.32 Å². The normalized spacial score (nSPS) is 33.6. The fourth-order valence-corrected chi connectivity index (χ4v) is 2.87. The van der Waals surface area contributed by atoms with Crippen molar-refractivity contribution in [2.75, 3.05) is 26.7 Å². The van der Waals surface area contributed by atoms with E-state index in [4.69, 9.17) is 0 Å². The molecule has 2 nitrogen and oxygen atoms in total. The fourth-order valence-electron chi connectivity index (χ4n) is 2.87. The Morgan fingerprint density at radius 1 is 1.29 bits per heavy atom. The first-order valence-corrected chi connectivity index (χ1v) is 6.22. The van der Waals surface area contributed by atoms with Crippen LogP contribution in [0.3, 0.4) is 0 Å². The number of nitrogens with one attached hydrogen (secondary N) is 1. The minimum atomic E-state index is 0.806. The Morgan fingerprint density at radius 3 is 2.64 bits per heavy atom. The molecule has 2 rings (SSSR count). The molecule has 2 heteroatoms. The average Bonchev–Trinajstić information content (AvgIpc) is 2.58. The van der Waals surface area contributed by atoms with Crippen molar-refractivity contribution in [1.29, 1.82) is 0 Å². The van der Waals surface area contributed by atoms with E-state index in [2.05, 4.69) is 24.2 Å². The lowest BCUT2D eigenvalue weighted by Gasteiger charge is -2.35. The van der Waals surface area contributed by atoms with Crippen LogP contribution in [-0.4, -0.2) is 37.6 Å². The zero-order chi connectivity index (χ0) is 9.97. The lowest BCUT2D eigenvalue weighted by molar-refractivity contribution is 0.145. The quantitative estimate of drug-likeness (QED) is 0.736. The number of likely N-dealkylation sites (N-methyl/N-ethyl adjacent to an activating group) is 1. The number of hydrogen-bond acceptors (Lipinski definition) is 2. The molecular weight excluding hydrogens is 172 g/mol. The molecular formula is C12H24N2. The van der Waals surface area contributed by atoms with E-state index < -0.39 is 0 Å². The molecule has 1 heterocycles. The van der Waals surface area contributed by atoms with Crippen molar-refractivity contribution in [2.24, 2.45) is 11.8 Å². The molecule has 2 fully saturated rings. The molecule has 1 aliphatic carbocycles. The molecule has 0 bridgehead atoms. The molecule has 0 aromatic rings. The maximum absolute atomic E-state index is 3.52. The number of nitrogens with zero attached hydrogens (tertiary/aromatic N) is 1. The lowest BCUT2D eigenvalue weighted by atomic mass is 9.84. The summed E-state index contributed by atoms with van der Waals surface area (Å²) in [6.07, 6.45) is 5.74. The fraction of sp³-hybridized carbons (Fsp3) is 1.00. The highest BCUT2D eigenvalue weighted by atomic mass is 15.2. The van der Waals surface area contributed by atoms with E-state index >= 15 is 0 Å². The van der Waals surface area contributed by atoms with Gasteiger partial charge in [0.25, 0.3) is 0 Å². The third-order valence-electron chi connectivity index (χ3n) is 4.17. The Labute approximate surface area is 88.1 Å². The van der Waals surface area contributed by atoms with Gasteiger partial charge in [0.1, 0.15) is 0 Å². The summed E-state index contributed by atoms with van der Waals surface area (Å²) in [6, 6.07) is 0.806. The monoisotopic (exact) mass is 196 g/mol. The molecule has 1 N–H and O–H groups in total. The van der Waals surface area contributed by atoms with E-state index in [1.807, 2.05) is 0 Å². The van der Waals surface area contributed by atoms with Crippen LogP contribution >= 0.6 is 0 Å². The highest BCUT2D eigenvalue weighted by molar-refractivity contribution is 4.88. The van der Waals surface area contributed by atoms with Gasteiger partial charge in [-0.25, -0.2) is 0 Å². The van der Waals surface area contributed by atoms with Gasteiger partial charge in [0.2, 0.25) is 0 Å². The SMILES string of the molecule is CCC1CNCC1N(C)CC1CCC1. The molecule has 82 valence electrons. The summed E-state index contributed by atoms with van der Waals surface area (Å²) in [5, 5.41) is 3.52. The first-order valence-electron chi connectivity index (χ1n) is 6.22. The molecule has 1 saturated carbocycles. The second-order valence-electron chi connectivity index (χ2n) is 5.13. The Hall–Kier alpha value is -0.0800. The van der Waals surface area contributed by atoms with Crippen LogP contribution in [0.4, 0.5) is 0 Å². The van der Waals surface area contributed by atoms with Crippen LogP contribution in [0.1, 0.15) is 32.6 Å². The van der Waals surface area contributed by atoms with Gasteiger partial charge in [-0.2, -0.15) is 0 Å². The molecule has 0 aromatic carbocycles. The van der Waals surface area contributed by atoms with E-state index in [-0.39, 0.29) is 0 Å². The Kier molecular flexibility index (Phi) is 3.45. The van der Waals surface area contributed by atoms with Gasteiger partial charge >= 0.3 is 0 Å². The van der Waals surface area contributed by atoms with E-state index in [1.54, 1.807) is 0 Å². The standard InChI is InChI=1S/C12H24N2/c1-3-11-7-13-8-12(11)14(2)9-10-5-4-6-10/h10-13H,3-9H2,1-2H3. The number of rotatable bonds is 4. The van der Waals surface area contributed by atoms with Crippen molar-refractivity contribution < 1.29 is 0 Å². The van der Waals surface area contributed by atoms with Gasteiger partial charge < -0.3 is 10.2 Å². The third-order valence-corrected chi connectivity index (χ3v) is 4.17. The molecule has 0 amide bonds. The first-order chi connectivity index (χ1) is 6.81. The Bertz CT molecular complexity index is 177. The predicted octanol–water partition coefficient (Wildman–Crippen LogP) is 1.72. The van der Waals surface area contributed by atoms with Crippen LogP contribution in [0, 0.1) is 11.8 Å². The van der Waals surface area contributed by atoms with E-state index in [0.717, 1.165) is 17.9 Å². The average molecular weight is 196 g/mol. The summed E-state index contributed by atoms with van der Waals surface area (Å²) in [7, 11) is 2.32. The van der Waals surface area contributed by atoms with Gasteiger partial charge in [-0.05, 0) is 38.3 Å². The molecule has 2 unspecified atom stereocenters. The smallest absolute Gasteiger partial charge is 0.0257 e. The summed E-state index contributed by atoms with van der Waals surface area (Å²) in [5.74, 6) is 1.90. The molecule has 1 aliphatic heterocycles. The van der Waals surface area contributed by atoms with E-state index in [1.165, 1.54) is 45.3 Å². The maximum atomic E-state index is 3.52. The highest BCUT2D eigenvalue weighted by Gasteiger charge is 2.30. The molecule has 2 atom stereocenters. The summed E-state index contributed by atoms with van der Waals surface area (Å²) in [4.78, 5) is 2.61. The van der Waals surface area contributed by atoms with Gasteiger partial charge in [0.15, 0.2) is 0 Å².